The highest BCUT2D eigenvalue weighted by molar-refractivity contribution is 6.35. The van der Waals surface area contributed by atoms with Gasteiger partial charge in [-0.15, -0.1) is 0 Å². The monoisotopic (exact) mass is 393 g/mol. The summed E-state index contributed by atoms with van der Waals surface area (Å²) >= 11 is 11.9. The number of carbonyl (C=O) groups excluding carboxylic acids is 2. The van der Waals surface area contributed by atoms with Crippen LogP contribution in [0.4, 0.5) is 10.5 Å². The van der Waals surface area contributed by atoms with Crippen molar-refractivity contribution in [3.63, 3.8) is 0 Å². The van der Waals surface area contributed by atoms with Crippen LogP contribution in [-0.2, 0) is 6.54 Å². The molecule has 0 aliphatic carbocycles. The maximum Gasteiger partial charge on any atom is 0.319 e. The number of nitrogens with one attached hydrogen (secondary N) is 3. The molecular weight excluding hydrogens is 373 g/mol. The van der Waals surface area contributed by atoms with Crippen molar-refractivity contribution in [3.8, 4) is 0 Å². The molecule has 0 aliphatic rings. The van der Waals surface area contributed by atoms with E-state index >= 15 is 0 Å². The van der Waals surface area contributed by atoms with Gasteiger partial charge in [0, 0.05) is 34.4 Å². The number of halogens is 2. The minimum atomic E-state index is -0.368. The molecule has 26 heavy (non-hydrogen) atoms. The number of hydrogen-bond acceptors (Lipinski definition) is 2. The van der Waals surface area contributed by atoms with Crippen LogP contribution in [0, 0.1) is 5.92 Å². The van der Waals surface area contributed by atoms with Crippen molar-refractivity contribution in [1.82, 2.24) is 10.6 Å². The Morgan fingerprint density at radius 2 is 1.69 bits per heavy atom. The molecule has 0 fully saturated rings. The van der Waals surface area contributed by atoms with Crippen molar-refractivity contribution in [2.45, 2.75) is 20.4 Å². The van der Waals surface area contributed by atoms with E-state index in [9.17, 15) is 9.59 Å². The highest BCUT2D eigenvalue weighted by atomic mass is 35.5. The molecule has 138 valence electrons. The summed E-state index contributed by atoms with van der Waals surface area (Å²) in [6.45, 7) is 4.96. The lowest BCUT2D eigenvalue weighted by molar-refractivity contribution is 0.0949. The van der Waals surface area contributed by atoms with Crippen molar-refractivity contribution in [1.29, 1.82) is 0 Å². The number of carbonyl (C=O) groups is 2. The molecule has 7 heteroatoms. The van der Waals surface area contributed by atoms with Crippen molar-refractivity contribution in [2.75, 3.05) is 11.9 Å². The first kappa shape index (κ1) is 20.1. The molecule has 0 radical (unpaired) electrons. The standard InChI is InChI=1S/C19H21Cl2N3O2/c1-12(2)10-22-18(25)13-4-7-16(8-5-13)24-19(26)23-11-14-3-6-15(20)9-17(14)21/h3-9,12H,10-11H2,1-2H3,(H,22,25)(H2,23,24,26). The molecule has 0 saturated carbocycles. The van der Waals surface area contributed by atoms with Gasteiger partial charge in [-0.25, -0.2) is 4.79 Å². The van der Waals surface area contributed by atoms with E-state index in [1.54, 1.807) is 42.5 Å². The summed E-state index contributed by atoms with van der Waals surface area (Å²) in [5.41, 5.74) is 1.90. The van der Waals surface area contributed by atoms with Crippen molar-refractivity contribution in [3.05, 3.63) is 63.6 Å². The van der Waals surface area contributed by atoms with E-state index in [0.717, 1.165) is 5.56 Å². The topological polar surface area (TPSA) is 70.2 Å². The third-order valence-corrected chi connectivity index (χ3v) is 4.12. The van der Waals surface area contributed by atoms with Gasteiger partial charge in [0.15, 0.2) is 0 Å². The lowest BCUT2D eigenvalue weighted by Crippen LogP contribution is -2.28. The van der Waals surface area contributed by atoms with Crippen LogP contribution in [-0.4, -0.2) is 18.5 Å². The Balaban J connectivity index is 1.86. The van der Waals surface area contributed by atoms with Crippen molar-refractivity contribution >= 4 is 40.8 Å². The second-order valence-electron chi connectivity index (χ2n) is 6.22. The summed E-state index contributed by atoms with van der Waals surface area (Å²) in [5.74, 6) is 0.254. The highest BCUT2D eigenvalue weighted by Gasteiger charge is 2.08. The Kier molecular flexibility index (Phi) is 7.30. The lowest BCUT2D eigenvalue weighted by atomic mass is 10.1. The second-order valence-corrected chi connectivity index (χ2v) is 7.07. The predicted molar refractivity (Wildman–Crippen MR) is 106 cm³/mol. The largest absolute Gasteiger partial charge is 0.352 e. The number of hydrogen-bond donors (Lipinski definition) is 3. The molecule has 2 aromatic carbocycles. The number of urea groups is 1. The summed E-state index contributed by atoms with van der Waals surface area (Å²) in [5, 5.41) is 9.31. The van der Waals surface area contributed by atoms with Crippen LogP contribution in [0.3, 0.4) is 0 Å². The van der Waals surface area contributed by atoms with Gasteiger partial charge in [-0.05, 0) is 47.9 Å². The lowest BCUT2D eigenvalue weighted by Gasteiger charge is -2.10. The fourth-order valence-electron chi connectivity index (χ4n) is 2.12. The SMILES string of the molecule is CC(C)CNC(=O)c1ccc(NC(=O)NCc2ccc(Cl)cc2Cl)cc1. The Hall–Kier alpha value is -2.24. The molecule has 2 rings (SSSR count). The van der Waals surface area contributed by atoms with Crippen LogP contribution in [0.15, 0.2) is 42.5 Å². The van der Waals surface area contributed by atoms with Gasteiger partial charge in [0.1, 0.15) is 0 Å². The van der Waals surface area contributed by atoms with Crippen LogP contribution in [0.25, 0.3) is 0 Å². The third kappa shape index (κ3) is 6.24. The first-order chi connectivity index (χ1) is 12.3. The van der Waals surface area contributed by atoms with E-state index in [2.05, 4.69) is 16.0 Å². The van der Waals surface area contributed by atoms with E-state index in [1.807, 2.05) is 13.8 Å². The highest BCUT2D eigenvalue weighted by Crippen LogP contribution is 2.20. The molecule has 0 atom stereocenters. The Morgan fingerprint density at radius 3 is 2.31 bits per heavy atom. The Morgan fingerprint density at radius 1 is 1.00 bits per heavy atom. The average Bonchev–Trinajstić information content (AvgIpc) is 2.59. The molecule has 0 spiro atoms. The summed E-state index contributed by atoms with van der Waals surface area (Å²) in [7, 11) is 0. The van der Waals surface area contributed by atoms with Gasteiger partial charge in [-0.3, -0.25) is 4.79 Å². The molecule has 0 heterocycles. The smallest absolute Gasteiger partial charge is 0.319 e. The molecule has 2 aromatic rings. The zero-order valence-corrected chi connectivity index (χ0v) is 16.1. The van der Waals surface area contributed by atoms with E-state index in [0.29, 0.717) is 33.8 Å². The van der Waals surface area contributed by atoms with Crippen LogP contribution < -0.4 is 16.0 Å². The quantitative estimate of drug-likeness (QED) is 0.665. The fourth-order valence-corrected chi connectivity index (χ4v) is 2.59. The minimum absolute atomic E-state index is 0.132. The molecule has 0 bridgehead atoms. The van der Waals surface area contributed by atoms with Gasteiger partial charge >= 0.3 is 6.03 Å². The third-order valence-electron chi connectivity index (χ3n) is 3.53. The summed E-state index contributed by atoms with van der Waals surface area (Å²) in [6.07, 6.45) is 0. The summed E-state index contributed by atoms with van der Waals surface area (Å²) in [4.78, 5) is 24.0. The van der Waals surface area contributed by atoms with Gasteiger partial charge in [-0.1, -0.05) is 43.1 Å². The number of benzene rings is 2. The maximum absolute atomic E-state index is 12.0. The van der Waals surface area contributed by atoms with Crippen LogP contribution in [0.2, 0.25) is 10.0 Å². The molecule has 0 saturated heterocycles. The Bertz CT molecular complexity index is 777. The molecule has 0 aliphatic heterocycles. The van der Waals surface area contributed by atoms with Gasteiger partial charge in [0.2, 0.25) is 0 Å². The first-order valence-corrected chi connectivity index (χ1v) is 8.98. The van der Waals surface area contributed by atoms with Crippen molar-refractivity contribution in [2.24, 2.45) is 5.92 Å². The maximum atomic E-state index is 12.0. The van der Waals surface area contributed by atoms with Crippen LogP contribution >= 0.6 is 23.2 Å². The van der Waals surface area contributed by atoms with Gasteiger partial charge in [-0.2, -0.15) is 0 Å². The number of rotatable bonds is 6. The average molecular weight is 394 g/mol. The van der Waals surface area contributed by atoms with E-state index in [1.165, 1.54) is 0 Å². The molecular formula is C19H21Cl2N3O2. The van der Waals surface area contributed by atoms with Gasteiger partial charge in [0.05, 0.1) is 0 Å². The molecule has 3 N–H and O–H groups in total. The van der Waals surface area contributed by atoms with Crippen molar-refractivity contribution < 1.29 is 9.59 Å². The predicted octanol–water partition coefficient (Wildman–Crippen LogP) is 4.70. The Labute approximate surface area is 163 Å². The fraction of sp³-hybridized carbons (Fsp3) is 0.263. The molecule has 0 unspecified atom stereocenters. The minimum Gasteiger partial charge on any atom is -0.352 e. The zero-order valence-electron chi connectivity index (χ0n) is 14.6. The molecule has 3 amide bonds. The van der Waals surface area contributed by atoms with Crippen LogP contribution in [0.1, 0.15) is 29.8 Å². The number of amides is 3. The first-order valence-electron chi connectivity index (χ1n) is 8.22. The second kappa shape index (κ2) is 9.46. The zero-order chi connectivity index (χ0) is 19.1. The van der Waals surface area contributed by atoms with E-state index < -0.39 is 0 Å². The summed E-state index contributed by atoms with van der Waals surface area (Å²) in [6, 6.07) is 11.4. The molecule has 5 nitrogen and oxygen atoms in total. The normalized spacial score (nSPS) is 10.5. The van der Waals surface area contributed by atoms with E-state index in [4.69, 9.17) is 23.2 Å². The number of anilines is 1. The van der Waals surface area contributed by atoms with E-state index in [-0.39, 0.29) is 18.5 Å². The van der Waals surface area contributed by atoms with Crippen LogP contribution in [0.5, 0.6) is 0 Å². The summed E-state index contributed by atoms with van der Waals surface area (Å²) < 4.78 is 0. The van der Waals surface area contributed by atoms with Gasteiger partial charge in [0.25, 0.3) is 5.91 Å². The van der Waals surface area contributed by atoms with Gasteiger partial charge < -0.3 is 16.0 Å². The molecule has 0 aromatic heterocycles.